The van der Waals surface area contributed by atoms with Gasteiger partial charge in [-0.05, 0) is 16.1 Å². The average Bonchev–Trinajstić information content (AvgIpc) is 2.47. The minimum Gasteiger partial charge on any atom is -0.145 e. The number of rotatable bonds is 2. The van der Waals surface area contributed by atoms with E-state index in [2.05, 4.69) is 5.18 Å². The van der Waals surface area contributed by atoms with Crippen molar-refractivity contribution < 1.29 is 0 Å². The first-order valence-electron chi connectivity index (χ1n) is 5.80. The summed E-state index contributed by atoms with van der Waals surface area (Å²) in [5, 5.41) is 5.16. The van der Waals surface area contributed by atoms with Crippen LogP contribution in [0.2, 0.25) is 0 Å². The van der Waals surface area contributed by atoms with Crippen molar-refractivity contribution in [3.05, 3.63) is 71.6 Å². The molecule has 86 valence electrons. The fourth-order valence-electron chi connectivity index (χ4n) is 2.20. The van der Waals surface area contributed by atoms with Crippen LogP contribution in [0.3, 0.4) is 0 Å². The lowest BCUT2D eigenvalue weighted by Crippen LogP contribution is -1.81. The summed E-state index contributed by atoms with van der Waals surface area (Å²) in [4.78, 5) is 11.2. The van der Waals surface area contributed by atoms with E-state index >= 15 is 0 Å². The third kappa shape index (κ3) is 1.68. The van der Waals surface area contributed by atoms with Gasteiger partial charge in [0.25, 0.3) is 0 Å². The second-order valence-corrected chi connectivity index (χ2v) is 4.14. The summed E-state index contributed by atoms with van der Waals surface area (Å²) in [5.41, 5.74) is 2.40. The van der Waals surface area contributed by atoms with Gasteiger partial charge in [-0.3, -0.25) is 0 Å². The van der Waals surface area contributed by atoms with E-state index in [4.69, 9.17) is 0 Å². The number of nitrogens with zero attached hydrogens (tertiary/aromatic N) is 1. The monoisotopic (exact) mass is 233 g/mol. The van der Waals surface area contributed by atoms with Crippen LogP contribution in [0.1, 0.15) is 0 Å². The minimum atomic E-state index is 0.513. The second kappa shape index (κ2) is 4.41. The van der Waals surface area contributed by atoms with Crippen LogP contribution in [-0.2, 0) is 0 Å². The van der Waals surface area contributed by atoms with Crippen LogP contribution in [0, 0.1) is 4.91 Å². The summed E-state index contributed by atoms with van der Waals surface area (Å²) in [6.45, 7) is 0. The van der Waals surface area contributed by atoms with Crippen LogP contribution in [-0.4, -0.2) is 0 Å². The van der Waals surface area contributed by atoms with Crippen LogP contribution in [0.25, 0.3) is 21.9 Å². The molecular formula is C16H11NO. The maximum Gasteiger partial charge on any atom is 0.123 e. The first-order chi connectivity index (χ1) is 8.90. The van der Waals surface area contributed by atoms with Crippen molar-refractivity contribution in [3.63, 3.8) is 0 Å². The topological polar surface area (TPSA) is 29.4 Å². The Morgan fingerprint density at radius 2 is 1.44 bits per heavy atom. The van der Waals surface area contributed by atoms with E-state index in [0.29, 0.717) is 5.69 Å². The Kier molecular flexibility index (Phi) is 2.61. The highest BCUT2D eigenvalue weighted by Crippen LogP contribution is 2.36. The van der Waals surface area contributed by atoms with Crippen LogP contribution in [0.4, 0.5) is 5.69 Å². The molecule has 0 aliphatic carbocycles. The van der Waals surface area contributed by atoms with Crippen molar-refractivity contribution in [1.29, 1.82) is 0 Å². The molecule has 0 atom stereocenters. The molecule has 0 saturated heterocycles. The Morgan fingerprint density at radius 3 is 2.22 bits per heavy atom. The standard InChI is InChI=1S/C16H11NO/c18-17-16-14-9-5-4-8-13(14)10-11-15(16)12-6-2-1-3-7-12/h1-11H. The third-order valence-corrected chi connectivity index (χ3v) is 3.08. The van der Waals surface area contributed by atoms with Crippen LogP contribution < -0.4 is 0 Å². The molecule has 0 saturated carbocycles. The van der Waals surface area contributed by atoms with E-state index < -0.39 is 0 Å². The Morgan fingerprint density at radius 1 is 0.722 bits per heavy atom. The Balaban J connectivity index is 2.34. The predicted octanol–water partition coefficient (Wildman–Crippen LogP) is 4.90. The molecule has 0 amide bonds. The molecule has 3 aromatic rings. The molecule has 0 spiro atoms. The van der Waals surface area contributed by atoms with Crippen molar-refractivity contribution >= 4 is 16.5 Å². The summed E-state index contributed by atoms with van der Waals surface area (Å²) >= 11 is 0. The lowest BCUT2D eigenvalue weighted by Gasteiger charge is -2.07. The molecule has 3 rings (SSSR count). The van der Waals surface area contributed by atoms with E-state index in [-0.39, 0.29) is 0 Å². The highest BCUT2D eigenvalue weighted by atomic mass is 16.3. The summed E-state index contributed by atoms with van der Waals surface area (Å²) in [7, 11) is 0. The van der Waals surface area contributed by atoms with E-state index in [9.17, 15) is 4.91 Å². The Bertz CT molecular complexity index is 705. The molecule has 0 aliphatic heterocycles. The lowest BCUT2D eigenvalue weighted by atomic mass is 9.99. The minimum absolute atomic E-state index is 0.513. The number of hydrogen-bond donors (Lipinski definition) is 0. The number of benzene rings is 3. The van der Waals surface area contributed by atoms with Crippen LogP contribution >= 0.6 is 0 Å². The van der Waals surface area contributed by atoms with Gasteiger partial charge in [0.15, 0.2) is 0 Å². The van der Waals surface area contributed by atoms with Crippen molar-refractivity contribution in [3.8, 4) is 11.1 Å². The normalized spacial score (nSPS) is 10.4. The number of hydrogen-bond acceptors (Lipinski definition) is 2. The lowest BCUT2D eigenvalue weighted by molar-refractivity contribution is 1.52. The molecule has 0 radical (unpaired) electrons. The molecule has 2 nitrogen and oxygen atoms in total. The molecule has 0 aliphatic rings. The summed E-state index contributed by atoms with van der Waals surface area (Å²) < 4.78 is 0. The van der Waals surface area contributed by atoms with E-state index in [1.165, 1.54) is 0 Å². The Hall–Kier alpha value is -2.48. The van der Waals surface area contributed by atoms with Gasteiger partial charge in [-0.15, -0.1) is 4.91 Å². The predicted molar refractivity (Wildman–Crippen MR) is 74.8 cm³/mol. The first kappa shape index (κ1) is 10.7. The number of fused-ring (bicyclic) bond motifs is 1. The fraction of sp³-hybridized carbons (Fsp3) is 0. The highest BCUT2D eigenvalue weighted by Gasteiger charge is 2.09. The highest BCUT2D eigenvalue weighted by molar-refractivity contribution is 5.99. The molecule has 18 heavy (non-hydrogen) atoms. The van der Waals surface area contributed by atoms with Gasteiger partial charge in [0.2, 0.25) is 0 Å². The van der Waals surface area contributed by atoms with Gasteiger partial charge in [0.1, 0.15) is 5.69 Å². The fourth-order valence-corrected chi connectivity index (χ4v) is 2.20. The van der Waals surface area contributed by atoms with Gasteiger partial charge in [-0.25, -0.2) is 0 Å². The molecule has 0 unspecified atom stereocenters. The van der Waals surface area contributed by atoms with Crippen molar-refractivity contribution in [2.75, 3.05) is 0 Å². The smallest absolute Gasteiger partial charge is 0.123 e. The Labute approximate surface area is 105 Å². The van der Waals surface area contributed by atoms with Gasteiger partial charge in [-0.1, -0.05) is 66.7 Å². The summed E-state index contributed by atoms with van der Waals surface area (Å²) in [5.74, 6) is 0. The molecular weight excluding hydrogens is 222 g/mol. The van der Waals surface area contributed by atoms with Crippen LogP contribution in [0.15, 0.2) is 71.9 Å². The van der Waals surface area contributed by atoms with Gasteiger partial charge < -0.3 is 0 Å². The molecule has 0 N–H and O–H groups in total. The third-order valence-electron chi connectivity index (χ3n) is 3.08. The molecule has 3 aromatic carbocycles. The maximum atomic E-state index is 11.2. The zero-order chi connectivity index (χ0) is 12.4. The van der Waals surface area contributed by atoms with E-state index in [0.717, 1.165) is 21.9 Å². The van der Waals surface area contributed by atoms with Gasteiger partial charge in [0.05, 0.1) is 0 Å². The first-order valence-corrected chi connectivity index (χ1v) is 5.80. The van der Waals surface area contributed by atoms with Crippen LogP contribution in [0.5, 0.6) is 0 Å². The van der Waals surface area contributed by atoms with E-state index in [1.54, 1.807) is 0 Å². The molecule has 0 heterocycles. The van der Waals surface area contributed by atoms with E-state index in [1.807, 2.05) is 66.7 Å². The molecule has 0 aromatic heterocycles. The average molecular weight is 233 g/mol. The zero-order valence-electron chi connectivity index (χ0n) is 9.71. The second-order valence-electron chi connectivity index (χ2n) is 4.14. The molecule has 0 bridgehead atoms. The summed E-state index contributed by atoms with van der Waals surface area (Å²) in [6, 6.07) is 21.6. The number of nitroso groups, excluding NO2 is 1. The van der Waals surface area contributed by atoms with Crippen molar-refractivity contribution in [2.24, 2.45) is 5.18 Å². The van der Waals surface area contributed by atoms with Gasteiger partial charge >= 0.3 is 0 Å². The van der Waals surface area contributed by atoms with Gasteiger partial charge in [0, 0.05) is 10.9 Å². The SMILES string of the molecule is O=Nc1c(-c2ccccc2)ccc2ccccc12. The molecule has 2 heteroatoms. The van der Waals surface area contributed by atoms with Crippen molar-refractivity contribution in [1.82, 2.24) is 0 Å². The van der Waals surface area contributed by atoms with Crippen molar-refractivity contribution in [2.45, 2.75) is 0 Å². The maximum absolute atomic E-state index is 11.2. The molecule has 0 fully saturated rings. The van der Waals surface area contributed by atoms with Gasteiger partial charge in [-0.2, -0.15) is 0 Å². The quantitative estimate of drug-likeness (QED) is 0.578. The largest absolute Gasteiger partial charge is 0.145 e. The summed E-state index contributed by atoms with van der Waals surface area (Å²) in [6.07, 6.45) is 0. The zero-order valence-corrected chi connectivity index (χ0v) is 9.71.